The molecule has 1 unspecified atom stereocenters. The molecule has 0 amide bonds. The van der Waals surface area contributed by atoms with E-state index in [0.29, 0.717) is 5.56 Å². The van der Waals surface area contributed by atoms with Gasteiger partial charge in [0.25, 0.3) is 0 Å². The summed E-state index contributed by atoms with van der Waals surface area (Å²) in [6, 6.07) is 3.83. The molecule has 1 atom stereocenters. The van der Waals surface area contributed by atoms with Crippen LogP contribution in [0.3, 0.4) is 0 Å². The van der Waals surface area contributed by atoms with E-state index < -0.39 is 17.2 Å². The summed E-state index contributed by atoms with van der Waals surface area (Å²) >= 11 is 11.2. The molecule has 0 heterocycles. The molecule has 1 aromatic rings. The Hall–Kier alpha value is -0.800. The summed E-state index contributed by atoms with van der Waals surface area (Å²) in [6.07, 6.45) is 0. The third-order valence-corrected chi connectivity index (χ3v) is 2.36. The van der Waals surface area contributed by atoms with Crippen molar-refractivity contribution in [2.75, 3.05) is 7.11 Å². The third-order valence-electron chi connectivity index (χ3n) is 1.64. The smallest absolute Gasteiger partial charge is 0.328 e. The average Bonchev–Trinajstić information content (AvgIpc) is 2.20. The predicted molar refractivity (Wildman–Crippen MR) is 52.0 cm³/mol. The summed E-state index contributed by atoms with van der Waals surface area (Å²) in [5.41, 5.74) is 0.407. The minimum atomic E-state index is -0.960. The summed E-state index contributed by atoms with van der Waals surface area (Å²) in [6.45, 7) is 0. The van der Waals surface area contributed by atoms with Gasteiger partial charge in [0.05, 0.1) is 12.1 Å². The number of methoxy groups -OCH3 is 1. The van der Waals surface area contributed by atoms with Crippen LogP contribution in [0.1, 0.15) is 10.9 Å². The van der Waals surface area contributed by atoms with E-state index in [9.17, 15) is 9.18 Å². The Morgan fingerprint density at radius 1 is 1.57 bits per heavy atom. The van der Waals surface area contributed by atoms with Crippen LogP contribution < -0.4 is 0 Å². The second-order valence-corrected chi connectivity index (χ2v) is 3.40. The lowest BCUT2D eigenvalue weighted by molar-refractivity contribution is -0.140. The first-order valence-corrected chi connectivity index (χ1v) is 4.54. The molecule has 0 fully saturated rings. The van der Waals surface area contributed by atoms with Gasteiger partial charge in [-0.2, -0.15) is 0 Å². The maximum Gasteiger partial charge on any atom is 0.328 e. The normalized spacial score (nSPS) is 12.3. The van der Waals surface area contributed by atoms with Crippen LogP contribution in [0.25, 0.3) is 0 Å². The Bertz CT molecular complexity index is 355. The van der Waals surface area contributed by atoms with E-state index in [-0.39, 0.29) is 5.02 Å². The van der Waals surface area contributed by atoms with Crippen LogP contribution in [-0.2, 0) is 9.53 Å². The van der Waals surface area contributed by atoms with Gasteiger partial charge in [0.2, 0.25) is 0 Å². The minimum Gasteiger partial charge on any atom is -0.468 e. The number of carbonyl (C=O) groups is 1. The van der Waals surface area contributed by atoms with Crippen LogP contribution in [0, 0.1) is 5.82 Å². The highest BCUT2D eigenvalue weighted by Crippen LogP contribution is 2.25. The van der Waals surface area contributed by atoms with E-state index in [0.717, 1.165) is 6.07 Å². The van der Waals surface area contributed by atoms with Crippen LogP contribution in [0.5, 0.6) is 0 Å². The van der Waals surface area contributed by atoms with Gasteiger partial charge in [-0.15, -0.1) is 11.6 Å². The molecule has 2 nitrogen and oxygen atoms in total. The topological polar surface area (TPSA) is 26.3 Å². The number of hydrogen-bond donors (Lipinski definition) is 0. The third kappa shape index (κ3) is 2.36. The van der Waals surface area contributed by atoms with Gasteiger partial charge in [-0.1, -0.05) is 17.7 Å². The fourth-order valence-electron chi connectivity index (χ4n) is 0.910. The lowest BCUT2D eigenvalue weighted by atomic mass is 10.1. The van der Waals surface area contributed by atoms with Gasteiger partial charge in [-0.25, -0.2) is 4.39 Å². The Labute approximate surface area is 90.6 Å². The second kappa shape index (κ2) is 4.62. The van der Waals surface area contributed by atoms with Crippen molar-refractivity contribution in [1.82, 2.24) is 0 Å². The zero-order valence-electron chi connectivity index (χ0n) is 7.26. The maximum absolute atomic E-state index is 12.8. The molecule has 76 valence electrons. The van der Waals surface area contributed by atoms with Gasteiger partial charge in [0.15, 0.2) is 5.38 Å². The highest BCUT2D eigenvalue weighted by atomic mass is 35.5. The summed E-state index contributed by atoms with van der Waals surface area (Å²) < 4.78 is 17.2. The molecule has 0 aromatic heterocycles. The maximum atomic E-state index is 12.8. The Morgan fingerprint density at radius 3 is 2.71 bits per heavy atom. The first-order chi connectivity index (χ1) is 6.56. The summed E-state index contributed by atoms with van der Waals surface area (Å²) in [7, 11) is 1.23. The molecular formula is C9H7Cl2FO2. The molecule has 14 heavy (non-hydrogen) atoms. The molecule has 0 N–H and O–H groups in total. The summed E-state index contributed by atoms with van der Waals surface area (Å²) in [5, 5.41) is -1.03. The highest BCUT2D eigenvalue weighted by molar-refractivity contribution is 6.32. The molecule has 5 heteroatoms. The van der Waals surface area contributed by atoms with Crippen LogP contribution in [0.15, 0.2) is 18.2 Å². The van der Waals surface area contributed by atoms with Crippen molar-refractivity contribution in [3.8, 4) is 0 Å². The van der Waals surface area contributed by atoms with E-state index in [4.69, 9.17) is 23.2 Å². The quantitative estimate of drug-likeness (QED) is 0.583. The first kappa shape index (κ1) is 11.3. The summed E-state index contributed by atoms with van der Waals surface area (Å²) in [4.78, 5) is 11.0. The molecule has 0 bridgehead atoms. The first-order valence-electron chi connectivity index (χ1n) is 3.73. The second-order valence-electron chi connectivity index (χ2n) is 2.56. The molecular weight excluding hydrogens is 230 g/mol. The van der Waals surface area contributed by atoms with Crippen LogP contribution >= 0.6 is 23.2 Å². The number of benzene rings is 1. The van der Waals surface area contributed by atoms with Gasteiger partial charge < -0.3 is 4.74 Å². The number of alkyl halides is 1. The van der Waals surface area contributed by atoms with Crippen molar-refractivity contribution in [3.63, 3.8) is 0 Å². The van der Waals surface area contributed by atoms with E-state index >= 15 is 0 Å². The number of rotatable bonds is 2. The fourth-order valence-corrected chi connectivity index (χ4v) is 1.32. The Kier molecular flexibility index (Phi) is 3.72. The average molecular weight is 237 g/mol. The van der Waals surface area contributed by atoms with Gasteiger partial charge in [0.1, 0.15) is 5.82 Å². The number of carbonyl (C=O) groups excluding carboxylic acids is 1. The molecule has 1 rings (SSSR count). The number of esters is 1. The van der Waals surface area contributed by atoms with Crippen molar-refractivity contribution in [2.45, 2.75) is 5.38 Å². The fraction of sp³-hybridized carbons (Fsp3) is 0.222. The Morgan fingerprint density at radius 2 is 2.21 bits per heavy atom. The van der Waals surface area contributed by atoms with Crippen LogP contribution in [-0.4, -0.2) is 13.1 Å². The number of ether oxygens (including phenoxy) is 1. The minimum absolute atomic E-state index is 0.0722. The molecule has 0 spiro atoms. The molecule has 0 radical (unpaired) electrons. The zero-order chi connectivity index (χ0) is 10.7. The molecule has 0 saturated carbocycles. The van der Waals surface area contributed by atoms with E-state index in [1.165, 1.54) is 19.2 Å². The van der Waals surface area contributed by atoms with Crippen molar-refractivity contribution in [1.29, 1.82) is 0 Å². The van der Waals surface area contributed by atoms with Crippen LogP contribution in [0.2, 0.25) is 5.02 Å². The van der Waals surface area contributed by atoms with Crippen LogP contribution in [0.4, 0.5) is 4.39 Å². The zero-order valence-corrected chi connectivity index (χ0v) is 8.77. The number of halogens is 3. The highest BCUT2D eigenvalue weighted by Gasteiger charge is 2.18. The van der Waals surface area contributed by atoms with E-state index in [2.05, 4.69) is 4.74 Å². The van der Waals surface area contributed by atoms with Gasteiger partial charge in [-0.05, 0) is 17.7 Å². The summed E-state index contributed by atoms with van der Waals surface area (Å²) in [5.74, 6) is -1.15. The van der Waals surface area contributed by atoms with Crippen molar-refractivity contribution in [2.24, 2.45) is 0 Å². The molecule has 0 saturated heterocycles. The SMILES string of the molecule is COC(=O)C(Cl)c1ccc(F)c(Cl)c1. The van der Waals surface area contributed by atoms with Crippen molar-refractivity contribution in [3.05, 3.63) is 34.6 Å². The van der Waals surface area contributed by atoms with E-state index in [1.54, 1.807) is 0 Å². The van der Waals surface area contributed by atoms with Gasteiger partial charge >= 0.3 is 5.97 Å². The number of hydrogen-bond acceptors (Lipinski definition) is 2. The lowest BCUT2D eigenvalue weighted by Gasteiger charge is -2.07. The van der Waals surface area contributed by atoms with Gasteiger partial charge in [-0.3, -0.25) is 4.79 Å². The lowest BCUT2D eigenvalue weighted by Crippen LogP contribution is -2.08. The Balaban J connectivity index is 2.96. The standard InChI is InChI=1S/C9H7Cl2FO2/c1-14-9(13)8(11)5-2-3-7(12)6(10)4-5/h2-4,8H,1H3. The largest absolute Gasteiger partial charge is 0.468 e. The van der Waals surface area contributed by atoms with Crippen molar-refractivity contribution < 1.29 is 13.9 Å². The van der Waals surface area contributed by atoms with Crippen molar-refractivity contribution >= 4 is 29.2 Å². The molecule has 0 aliphatic rings. The predicted octanol–water partition coefficient (Wildman–Crippen LogP) is 2.93. The monoisotopic (exact) mass is 236 g/mol. The molecule has 0 aliphatic heterocycles. The van der Waals surface area contributed by atoms with Gasteiger partial charge in [0, 0.05) is 0 Å². The molecule has 1 aromatic carbocycles. The molecule has 0 aliphatic carbocycles. The van der Waals surface area contributed by atoms with E-state index in [1.807, 2.05) is 0 Å².